The van der Waals surface area contributed by atoms with Crippen LogP contribution in [0.4, 0.5) is 5.69 Å². The number of ether oxygens (including phenoxy) is 2. The highest BCUT2D eigenvalue weighted by molar-refractivity contribution is 7.78. The zero-order valence-corrected chi connectivity index (χ0v) is 11.2. The summed E-state index contributed by atoms with van der Waals surface area (Å²) in [6, 6.07) is 7.01. The Kier molecular flexibility index (Phi) is 5.03. The highest BCUT2D eigenvalue weighted by Gasteiger charge is 2.16. The molecule has 100 valence electrons. The first-order valence-corrected chi connectivity index (χ1v) is 6.36. The van der Waals surface area contributed by atoms with Crippen molar-refractivity contribution in [3.05, 3.63) is 24.3 Å². The summed E-state index contributed by atoms with van der Waals surface area (Å²) in [5, 5.41) is 2.29. The standard InChI is InChI=1S/C13H14N2O3S/c16-13(15-5-7-17-8-6-15)9-18-12-3-1-11(2-4-12)14-10-19/h1-4H,5-9H2. The number of hydrogen-bond acceptors (Lipinski definition) is 5. The maximum atomic E-state index is 11.8. The molecule has 0 saturated carbocycles. The van der Waals surface area contributed by atoms with Gasteiger partial charge in [-0.25, -0.2) is 0 Å². The van der Waals surface area contributed by atoms with E-state index in [2.05, 4.69) is 22.4 Å². The third-order valence-corrected chi connectivity index (χ3v) is 2.83. The lowest BCUT2D eigenvalue weighted by molar-refractivity contribution is -0.137. The van der Waals surface area contributed by atoms with E-state index in [1.807, 2.05) is 0 Å². The number of nitrogens with zero attached hydrogens (tertiary/aromatic N) is 2. The molecular formula is C13H14N2O3S. The maximum absolute atomic E-state index is 11.8. The van der Waals surface area contributed by atoms with Gasteiger partial charge in [-0.2, -0.15) is 4.99 Å². The summed E-state index contributed by atoms with van der Waals surface area (Å²) in [4.78, 5) is 17.4. The molecule has 0 bridgehead atoms. The highest BCUT2D eigenvalue weighted by Crippen LogP contribution is 2.17. The molecule has 1 fully saturated rings. The first-order chi connectivity index (χ1) is 9.29. The van der Waals surface area contributed by atoms with E-state index in [9.17, 15) is 4.79 Å². The van der Waals surface area contributed by atoms with Crippen LogP contribution in [0.15, 0.2) is 29.3 Å². The molecule has 1 aromatic rings. The van der Waals surface area contributed by atoms with Gasteiger partial charge in [0.1, 0.15) is 5.75 Å². The zero-order valence-electron chi connectivity index (χ0n) is 10.4. The number of morpholine rings is 1. The Morgan fingerprint density at radius 1 is 1.37 bits per heavy atom. The molecule has 1 amide bonds. The molecule has 1 heterocycles. The molecule has 0 spiro atoms. The number of benzene rings is 1. The Balaban J connectivity index is 1.84. The minimum Gasteiger partial charge on any atom is -0.484 e. The van der Waals surface area contributed by atoms with Crippen molar-refractivity contribution in [3.8, 4) is 5.75 Å². The molecule has 5 nitrogen and oxygen atoms in total. The van der Waals surface area contributed by atoms with Gasteiger partial charge in [0.05, 0.1) is 24.1 Å². The van der Waals surface area contributed by atoms with E-state index in [0.717, 1.165) is 0 Å². The highest BCUT2D eigenvalue weighted by atomic mass is 32.1. The Hall–Kier alpha value is -1.75. The van der Waals surface area contributed by atoms with E-state index in [1.54, 1.807) is 29.2 Å². The predicted molar refractivity (Wildman–Crippen MR) is 74.0 cm³/mol. The number of isothiocyanates is 1. The Morgan fingerprint density at radius 2 is 2.05 bits per heavy atom. The van der Waals surface area contributed by atoms with Crippen LogP contribution in [0.1, 0.15) is 0 Å². The number of aliphatic imine (C=N–C) groups is 1. The quantitative estimate of drug-likeness (QED) is 0.621. The lowest BCUT2D eigenvalue weighted by atomic mass is 10.3. The van der Waals surface area contributed by atoms with Crippen LogP contribution >= 0.6 is 12.2 Å². The van der Waals surface area contributed by atoms with Crippen molar-refractivity contribution < 1.29 is 14.3 Å². The topological polar surface area (TPSA) is 51.1 Å². The third kappa shape index (κ3) is 4.13. The van der Waals surface area contributed by atoms with Crippen LogP contribution < -0.4 is 4.74 Å². The van der Waals surface area contributed by atoms with Gasteiger partial charge >= 0.3 is 0 Å². The molecule has 0 unspecified atom stereocenters. The minimum atomic E-state index is -0.0238. The summed E-state index contributed by atoms with van der Waals surface area (Å²) in [5.74, 6) is 0.606. The number of carbonyl (C=O) groups is 1. The van der Waals surface area contributed by atoms with Crippen molar-refractivity contribution in [2.75, 3.05) is 32.9 Å². The SMILES string of the molecule is O=C(COc1ccc(N=C=S)cc1)N1CCOCC1. The molecule has 1 aliphatic heterocycles. The Bertz CT molecular complexity index is 477. The normalized spacial score (nSPS) is 14.6. The monoisotopic (exact) mass is 278 g/mol. The fourth-order valence-electron chi connectivity index (χ4n) is 1.72. The van der Waals surface area contributed by atoms with Crippen LogP contribution in [0, 0.1) is 0 Å². The summed E-state index contributed by atoms with van der Waals surface area (Å²) in [6.45, 7) is 2.48. The lowest BCUT2D eigenvalue weighted by Gasteiger charge is -2.26. The molecule has 0 aliphatic carbocycles. The molecule has 0 atom stereocenters. The van der Waals surface area contributed by atoms with Crippen LogP contribution in [0.3, 0.4) is 0 Å². The first-order valence-electron chi connectivity index (χ1n) is 5.96. The van der Waals surface area contributed by atoms with Crippen LogP contribution in [0.5, 0.6) is 5.75 Å². The summed E-state index contributed by atoms with van der Waals surface area (Å²) < 4.78 is 10.6. The van der Waals surface area contributed by atoms with E-state index < -0.39 is 0 Å². The minimum absolute atomic E-state index is 0.0238. The van der Waals surface area contributed by atoms with Crippen LogP contribution in [-0.2, 0) is 9.53 Å². The summed E-state index contributed by atoms with van der Waals surface area (Å²) >= 11 is 4.52. The van der Waals surface area contributed by atoms with Crippen molar-refractivity contribution >= 4 is 29.0 Å². The second kappa shape index (κ2) is 6.99. The van der Waals surface area contributed by atoms with E-state index >= 15 is 0 Å². The number of thiocarbonyl (C=S) groups is 1. The van der Waals surface area contributed by atoms with Crippen LogP contribution in [-0.4, -0.2) is 48.9 Å². The van der Waals surface area contributed by atoms with Gasteiger partial charge in [-0.1, -0.05) is 0 Å². The van der Waals surface area contributed by atoms with E-state index in [4.69, 9.17) is 9.47 Å². The zero-order chi connectivity index (χ0) is 13.5. The van der Waals surface area contributed by atoms with Gasteiger partial charge in [0.25, 0.3) is 5.91 Å². The van der Waals surface area contributed by atoms with Gasteiger partial charge in [-0.05, 0) is 36.5 Å². The van der Waals surface area contributed by atoms with Gasteiger partial charge < -0.3 is 14.4 Å². The van der Waals surface area contributed by atoms with Crippen molar-refractivity contribution in [1.82, 2.24) is 4.90 Å². The fraction of sp³-hybridized carbons (Fsp3) is 0.385. The average molecular weight is 278 g/mol. The summed E-state index contributed by atoms with van der Waals surface area (Å²) in [5.41, 5.74) is 0.710. The molecule has 1 saturated heterocycles. The number of hydrogen-bond donors (Lipinski definition) is 0. The van der Waals surface area contributed by atoms with Crippen molar-refractivity contribution in [2.24, 2.45) is 4.99 Å². The largest absolute Gasteiger partial charge is 0.484 e. The summed E-state index contributed by atoms with van der Waals surface area (Å²) in [7, 11) is 0. The summed E-state index contributed by atoms with van der Waals surface area (Å²) in [6.07, 6.45) is 0. The second-order valence-electron chi connectivity index (χ2n) is 3.98. The predicted octanol–water partition coefficient (Wildman–Crippen LogP) is 1.66. The van der Waals surface area contributed by atoms with E-state index in [-0.39, 0.29) is 12.5 Å². The molecule has 1 aromatic carbocycles. The molecule has 0 N–H and O–H groups in total. The molecule has 0 aromatic heterocycles. The smallest absolute Gasteiger partial charge is 0.260 e. The van der Waals surface area contributed by atoms with Crippen molar-refractivity contribution in [1.29, 1.82) is 0 Å². The van der Waals surface area contributed by atoms with Gasteiger partial charge in [-0.15, -0.1) is 0 Å². The van der Waals surface area contributed by atoms with Gasteiger partial charge in [0.15, 0.2) is 6.61 Å². The molecular weight excluding hydrogens is 264 g/mol. The van der Waals surface area contributed by atoms with Gasteiger partial charge in [0.2, 0.25) is 0 Å². The molecule has 0 radical (unpaired) electrons. The average Bonchev–Trinajstić information content (AvgIpc) is 2.47. The molecule has 19 heavy (non-hydrogen) atoms. The maximum Gasteiger partial charge on any atom is 0.260 e. The lowest BCUT2D eigenvalue weighted by Crippen LogP contribution is -2.42. The Morgan fingerprint density at radius 3 is 2.68 bits per heavy atom. The van der Waals surface area contributed by atoms with Crippen molar-refractivity contribution in [3.63, 3.8) is 0 Å². The van der Waals surface area contributed by atoms with E-state index in [1.165, 1.54) is 0 Å². The number of amides is 1. The second-order valence-corrected chi connectivity index (χ2v) is 4.16. The van der Waals surface area contributed by atoms with E-state index in [0.29, 0.717) is 37.7 Å². The Labute approximate surface area is 116 Å². The number of carbonyl (C=O) groups excluding carboxylic acids is 1. The van der Waals surface area contributed by atoms with Gasteiger partial charge in [0, 0.05) is 13.1 Å². The van der Waals surface area contributed by atoms with Gasteiger partial charge in [-0.3, -0.25) is 4.79 Å². The molecule has 6 heteroatoms. The fourth-order valence-corrected chi connectivity index (χ4v) is 1.82. The third-order valence-electron chi connectivity index (χ3n) is 2.74. The van der Waals surface area contributed by atoms with Crippen LogP contribution in [0.25, 0.3) is 0 Å². The van der Waals surface area contributed by atoms with Crippen molar-refractivity contribution in [2.45, 2.75) is 0 Å². The molecule has 1 aliphatic rings. The van der Waals surface area contributed by atoms with Crippen LogP contribution in [0.2, 0.25) is 0 Å². The molecule has 2 rings (SSSR count). The number of rotatable bonds is 4. The first kappa shape index (κ1) is 13.7.